The summed E-state index contributed by atoms with van der Waals surface area (Å²) in [6, 6.07) is 15.2. The van der Waals surface area contributed by atoms with E-state index in [2.05, 4.69) is 36.6 Å². The van der Waals surface area contributed by atoms with Gasteiger partial charge in [0.1, 0.15) is 0 Å². The van der Waals surface area contributed by atoms with Crippen LogP contribution in [0.25, 0.3) is 0 Å². The highest BCUT2D eigenvalue weighted by Gasteiger charge is 2.14. The predicted molar refractivity (Wildman–Crippen MR) is 115 cm³/mol. The van der Waals surface area contributed by atoms with Gasteiger partial charge in [0.25, 0.3) is 5.91 Å². The number of hydrogen-bond acceptors (Lipinski definition) is 3. The van der Waals surface area contributed by atoms with Gasteiger partial charge >= 0.3 is 0 Å². The van der Waals surface area contributed by atoms with E-state index in [4.69, 9.17) is 0 Å². The van der Waals surface area contributed by atoms with Crippen molar-refractivity contribution in [3.8, 4) is 0 Å². The highest BCUT2D eigenvalue weighted by Crippen LogP contribution is 2.22. The first-order valence-electron chi connectivity index (χ1n) is 9.52. The summed E-state index contributed by atoms with van der Waals surface area (Å²) in [5, 5.41) is 6.95. The number of nitrogens with one attached hydrogen (secondary N) is 2. The number of nitrogens with zero attached hydrogens (tertiary/aromatic N) is 1. The fourth-order valence-electron chi connectivity index (χ4n) is 2.75. The molecule has 2 aromatic carbocycles. The van der Waals surface area contributed by atoms with Gasteiger partial charge in [-0.1, -0.05) is 58.0 Å². The zero-order valence-corrected chi connectivity index (χ0v) is 17.3. The van der Waals surface area contributed by atoms with E-state index >= 15 is 0 Å². The van der Waals surface area contributed by atoms with Crippen LogP contribution in [-0.4, -0.2) is 17.5 Å². The van der Waals surface area contributed by atoms with Gasteiger partial charge in [0.2, 0.25) is 5.91 Å². The molecule has 28 heavy (non-hydrogen) atoms. The highest BCUT2D eigenvalue weighted by molar-refractivity contribution is 6.06. The zero-order valence-electron chi connectivity index (χ0n) is 17.3. The number of anilines is 1. The molecule has 2 amide bonds. The molecule has 0 heterocycles. The molecule has 0 fully saturated rings. The average molecular weight is 380 g/mol. The van der Waals surface area contributed by atoms with Crippen LogP contribution in [0.2, 0.25) is 0 Å². The van der Waals surface area contributed by atoms with Gasteiger partial charge in [0.05, 0.1) is 6.42 Å². The zero-order chi connectivity index (χ0) is 20.7. The standard InChI is InChI=1S/C23H29N3O2/c1-6-17-9-7-8-10-20(17)24-21(27)15-16(2)25-26-22(28)18-11-13-19(14-12-18)23(3,4)5/h7-14H,6,15H2,1-5H3,(H,24,27)(H,26,28). The van der Waals surface area contributed by atoms with Crippen LogP contribution in [-0.2, 0) is 16.6 Å². The maximum Gasteiger partial charge on any atom is 0.271 e. The lowest BCUT2D eigenvalue weighted by molar-refractivity contribution is -0.115. The van der Waals surface area contributed by atoms with Crippen molar-refractivity contribution in [2.75, 3.05) is 5.32 Å². The molecule has 2 N–H and O–H groups in total. The lowest BCUT2D eigenvalue weighted by Gasteiger charge is -2.18. The maximum atomic E-state index is 12.3. The lowest BCUT2D eigenvalue weighted by Crippen LogP contribution is -2.22. The summed E-state index contributed by atoms with van der Waals surface area (Å²) in [6.07, 6.45) is 0.953. The predicted octanol–water partition coefficient (Wildman–Crippen LogP) is 4.68. The number of aryl methyl sites for hydroxylation is 1. The molecule has 0 bridgehead atoms. The molecule has 0 radical (unpaired) electrons. The summed E-state index contributed by atoms with van der Waals surface area (Å²) in [5.41, 5.74) is 6.67. The Morgan fingerprint density at radius 3 is 2.25 bits per heavy atom. The van der Waals surface area contributed by atoms with Crippen LogP contribution in [0, 0.1) is 0 Å². The first-order valence-corrected chi connectivity index (χ1v) is 9.52. The number of benzene rings is 2. The van der Waals surface area contributed by atoms with Crippen molar-refractivity contribution < 1.29 is 9.59 Å². The van der Waals surface area contributed by atoms with Crippen LogP contribution >= 0.6 is 0 Å². The van der Waals surface area contributed by atoms with Crippen LogP contribution in [0.15, 0.2) is 53.6 Å². The van der Waals surface area contributed by atoms with Crippen molar-refractivity contribution in [1.82, 2.24) is 5.43 Å². The van der Waals surface area contributed by atoms with Gasteiger partial charge < -0.3 is 5.32 Å². The molecule has 0 saturated heterocycles. The van der Waals surface area contributed by atoms with Gasteiger partial charge in [-0.25, -0.2) is 5.43 Å². The van der Waals surface area contributed by atoms with Crippen LogP contribution in [0.1, 0.15) is 62.5 Å². The Balaban J connectivity index is 1.92. The minimum Gasteiger partial charge on any atom is -0.326 e. The Kier molecular flexibility index (Phi) is 7.10. The molecule has 0 aliphatic carbocycles. The SMILES string of the molecule is CCc1ccccc1NC(=O)CC(C)=NNC(=O)c1ccc(C(C)(C)C)cc1. The Labute approximate surface area is 167 Å². The Bertz CT molecular complexity index is 862. The van der Waals surface area contributed by atoms with Crippen molar-refractivity contribution in [2.24, 2.45) is 5.10 Å². The molecule has 0 unspecified atom stereocenters. The summed E-state index contributed by atoms with van der Waals surface area (Å²) in [4.78, 5) is 24.5. The normalized spacial score (nSPS) is 11.8. The quantitative estimate of drug-likeness (QED) is 0.565. The molecule has 0 atom stereocenters. The second-order valence-electron chi connectivity index (χ2n) is 7.85. The molecule has 0 aromatic heterocycles. The number of carbonyl (C=O) groups is 2. The number of amides is 2. The number of carbonyl (C=O) groups excluding carboxylic acids is 2. The van der Waals surface area contributed by atoms with Crippen molar-refractivity contribution in [3.05, 3.63) is 65.2 Å². The molecular weight excluding hydrogens is 350 g/mol. The first kappa shape index (κ1) is 21.4. The molecule has 5 nitrogen and oxygen atoms in total. The van der Waals surface area contributed by atoms with E-state index in [-0.39, 0.29) is 23.7 Å². The van der Waals surface area contributed by atoms with E-state index in [1.165, 1.54) is 0 Å². The fraction of sp³-hybridized carbons (Fsp3) is 0.348. The Hall–Kier alpha value is -2.95. The van der Waals surface area contributed by atoms with Gasteiger partial charge in [-0.3, -0.25) is 9.59 Å². The lowest BCUT2D eigenvalue weighted by atomic mass is 9.87. The molecule has 0 saturated carbocycles. The van der Waals surface area contributed by atoms with Crippen molar-refractivity contribution >= 4 is 23.2 Å². The Morgan fingerprint density at radius 1 is 1.00 bits per heavy atom. The highest BCUT2D eigenvalue weighted by atomic mass is 16.2. The molecule has 2 aromatic rings. The number of hydrogen-bond donors (Lipinski definition) is 2. The fourth-order valence-corrected chi connectivity index (χ4v) is 2.75. The smallest absolute Gasteiger partial charge is 0.271 e. The molecule has 0 spiro atoms. The van der Waals surface area contributed by atoms with Crippen LogP contribution in [0.5, 0.6) is 0 Å². The summed E-state index contributed by atoms with van der Waals surface area (Å²) in [7, 11) is 0. The van der Waals surface area contributed by atoms with E-state index in [1.54, 1.807) is 19.1 Å². The first-order chi connectivity index (χ1) is 13.2. The van der Waals surface area contributed by atoms with E-state index in [1.807, 2.05) is 43.3 Å². The van der Waals surface area contributed by atoms with Gasteiger partial charge in [-0.2, -0.15) is 5.10 Å². The van der Waals surface area contributed by atoms with Crippen LogP contribution in [0.3, 0.4) is 0 Å². The topological polar surface area (TPSA) is 70.6 Å². The number of hydrazone groups is 1. The monoisotopic (exact) mass is 379 g/mol. The minimum atomic E-state index is -0.295. The van der Waals surface area contributed by atoms with Gasteiger partial charge in [0.15, 0.2) is 0 Å². The van der Waals surface area contributed by atoms with Crippen LogP contribution in [0.4, 0.5) is 5.69 Å². The summed E-state index contributed by atoms with van der Waals surface area (Å²) in [5.74, 6) is -0.456. The van der Waals surface area contributed by atoms with Crippen LogP contribution < -0.4 is 10.7 Å². The van der Waals surface area contributed by atoms with E-state index in [0.717, 1.165) is 23.2 Å². The second-order valence-corrected chi connectivity index (χ2v) is 7.85. The van der Waals surface area contributed by atoms with E-state index in [9.17, 15) is 9.59 Å². The molecular formula is C23H29N3O2. The third-order valence-electron chi connectivity index (χ3n) is 4.45. The van der Waals surface area contributed by atoms with E-state index < -0.39 is 0 Å². The summed E-state index contributed by atoms with van der Waals surface area (Å²) < 4.78 is 0. The van der Waals surface area contributed by atoms with Gasteiger partial charge in [0, 0.05) is 17.0 Å². The average Bonchev–Trinajstić information content (AvgIpc) is 2.66. The summed E-state index contributed by atoms with van der Waals surface area (Å²) in [6.45, 7) is 10.1. The van der Waals surface area contributed by atoms with Crippen molar-refractivity contribution in [1.29, 1.82) is 0 Å². The number of rotatable bonds is 6. The van der Waals surface area contributed by atoms with Gasteiger partial charge in [-0.05, 0) is 48.1 Å². The Morgan fingerprint density at radius 2 is 1.64 bits per heavy atom. The molecule has 5 heteroatoms. The molecule has 2 rings (SSSR count). The minimum absolute atomic E-state index is 0.0352. The summed E-state index contributed by atoms with van der Waals surface area (Å²) >= 11 is 0. The van der Waals surface area contributed by atoms with Crippen molar-refractivity contribution in [2.45, 2.75) is 52.9 Å². The van der Waals surface area contributed by atoms with Crippen molar-refractivity contribution in [3.63, 3.8) is 0 Å². The third kappa shape index (κ3) is 6.05. The molecule has 148 valence electrons. The molecule has 0 aliphatic rings. The van der Waals surface area contributed by atoms with E-state index in [0.29, 0.717) is 11.3 Å². The molecule has 0 aliphatic heterocycles. The maximum absolute atomic E-state index is 12.3. The second kappa shape index (κ2) is 9.31. The largest absolute Gasteiger partial charge is 0.326 e. The van der Waals surface area contributed by atoms with Gasteiger partial charge in [-0.15, -0.1) is 0 Å². The third-order valence-corrected chi connectivity index (χ3v) is 4.45. The number of para-hydroxylation sites is 1.